The Bertz CT molecular complexity index is 1190. The van der Waals surface area contributed by atoms with Crippen LogP contribution in [-0.2, 0) is 0 Å². The number of ether oxygens (including phenoxy) is 2. The molecule has 1 aliphatic heterocycles. The van der Waals surface area contributed by atoms with Gasteiger partial charge in [0.15, 0.2) is 0 Å². The van der Waals surface area contributed by atoms with Gasteiger partial charge in [0.2, 0.25) is 0 Å². The Morgan fingerprint density at radius 3 is 2.50 bits per heavy atom. The molecule has 168 valence electrons. The van der Waals surface area contributed by atoms with Crippen LogP contribution in [0.5, 0.6) is 11.5 Å². The van der Waals surface area contributed by atoms with Crippen molar-refractivity contribution in [3.8, 4) is 17.2 Å². The molecule has 2 fully saturated rings. The van der Waals surface area contributed by atoms with Gasteiger partial charge in [-0.3, -0.25) is 9.36 Å². The summed E-state index contributed by atoms with van der Waals surface area (Å²) in [5.41, 5.74) is 2.23. The lowest BCUT2D eigenvalue weighted by molar-refractivity contribution is 0.0492. The Morgan fingerprint density at radius 1 is 1.03 bits per heavy atom. The number of benzene rings is 2. The second-order valence-electron chi connectivity index (χ2n) is 9.04. The van der Waals surface area contributed by atoms with Crippen LogP contribution in [0.25, 0.3) is 16.6 Å². The molecule has 2 heterocycles. The van der Waals surface area contributed by atoms with Gasteiger partial charge in [-0.2, -0.15) is 0 Å². The summed E-state index contributed by atoms with van der Waals surface area (Å²) in [5, 5.41) is 0.638. The van der Waals surface area contributed by atoms with Crippen molar-refractivity contribution < 1.29 is 9.47 Å². The summed E-state index contributed by atoms with van der Waals surface area (Å²) >= 11 is 0. The first-order valence-electron chi connectivity index (χ1n) is 11.6. The molecule has 0 bridgehead atoms. The van der Waals surface area contributed by atoms with Gasteiger partial charge < -0.3 is 14.4 Å². The van der Waals surface area contributed by atoms with E-state index in [1.54, 1.807) is 11.7 Å². The quantitative estimate of drug-likeness (QED) is 0.597. The van der Waals surface area contributed by atoms with Crippen molar-refractivity contribution in [3.05, 3.63) is 58.1 Å². The number of methoxy groups -OCH3 is 1. The third-order valence-corrected chi connectivity index (χ3v) is 7.04. The van der Waals surface area contributed by atoms with Crippen molar-refractivity contribution in [2.24, 2.45) is 0 Å². The number of nitrogens with zero attached hydrogens (tertiary/aromatic N) is 3. The number of hydrogen-bond acceptors (Lipinski definition) is 5. The molecule has 1 aromatic heterocycles. The average Bonchev–Trinajstić information content (AvgIpc) is 2.74. The molecule has 2 aliphatic rings. The van der Waals surface area contributed by atoms with Crippen LogP contribution in [0.1, 0.15) is 43.5 Å². The molecule has 1 saturated carbocycles. The molecule has 32 heavy (non-hydrogen) atoms. The molecule has 6 heteroatoms. The van der Waals surface area contributed by atoms with Gasteiger partial charge in [0, 0.05) is 25.2 Å². The van der Waals surface area contributed by atoms with Crippen molar-refractivity contribution in [2.45, 2.75) is 58.1 Å². The minimum Gasteiger partial charge on any atom is -0.494 e. The van der Waals surface area contributed by atoms with Crippen LogP contribution in [0.3, 0.4) is 0 Å². The van der Waals surface area contributed by atoms with Crippen molar-refractivity contribution in [1.82, 2.24) is 14.5 Å². The number of aryl methyl sites for hydroxylation is 2. The second kappa shape index (κ2) is 8.58. The number of rotatable bonds is 5. The Balaban J connectivity index is 1.41. The number of piperidine rings is 1. The SMILES string of the molecule is COc1cc(OC2CCN(C3CCC3)CC2)ccc1-n1c(C)nc2cccc(C)c2c1=O. The van der Waals surface area contributed by atoms with Gasteiger partial charge in [0.25, 0.3) is 5.56 Å². The van der Waals surface area contributed by atoms with Crippen molar-refractivity contribution in [1.29, 1.82) is 0 Å². The monoisotopic (exact) mass is 433 g/mol. The predicted molar refractivity (Wildman–Crippen MR) is 126 cm³/mol. The zero-order valence-electron chi connectivity index (χ0n) is 19.1. The Hall–Kier alpha value is -2.86. The molecule has 0 atom stereocenters. The number of likely N-dealkylation sites (tertiary alicyclic amines) is 1. The van der Waals surface area contributed by atoms with Gasteiger partial charge in [-0.1, -0.05) is 18.6 Å². The first-order valence-corrected chi connectivity index (χ1v) is 11.6. The third kappa shape index (κ3) is 3.77. The van der Waals surface area contributed by atoms with E-state index in [-0.39, 0.29) is 11.7 Å². The van der Waals surface area contributed by atoms with E-state index in [0.29, 0.717) is 22.6 Å². The third-order valence-electron chi connectivity index (χ3n) is 7.04. The summed E-state index contributed by atoms with van der Waals surface area (Å²) < 4.78 is 13.6. The van der Waals surface area contributed by atoms with Gasteiger partial charge >= 0.3 is 0 Å². The molecule has 0 unspecified atom stereocenters. The van der Waals surface area contributed by atoms with Gasteiger partial charge in [-0.05, 0) is 63.3 Å². The van der Waals surface area contributed by atoms with E-state index in [0.717, 1.165) is 48.8 Å². The van der Waals surface area contributed by atoms with Crippen molar-refractivity contribution in [3.63, 3.8) is 0 Å². The smallest absolute Gasteiger partial charge is 0.266 e. The molecular formula is C26H31N3O3. The van der Waals surface area contributed by atoms with Crippen LogP contribution in [0.2, 0.25) is 0 Å². The first kappa shape index (κ1) is 21.0. The molecule has 1 saturated heterocycles. The van der Waals surface area contributed by atoms with E-state index in [2.05, 4.69) is 9.88 Å². The summed E-state index contributed by atoms with van der Waals surface area (Å²) in [6.07, 6.45) is 6.40. The Labute approximate surface area is 188 Å². The molecule has 0 spiro atoms. The largest absolute Gasteiger partial charge is 0.494 e. The van der Waals surface area contributed by atoms with Crippen LogP contribution in [0.4, 0.5) is 0 Å². The topological polar surface area (TPSA) is 56.6 Å². The fourth-order valence-corrected chi connectivity index (χ4v) is 5.01. The zero-order chi connectivity index (χ0) is 22.2. The highest BCUT2D eigenvalue weighted by atomic mass is 16.5. The summed E-state index contributed by atoms with van der Waals surface area (Å²) in [6, 6.07) is 12.3. The van der Waals surface area contributed by atoms with Crippen LogP contribution in [-0.4, -0.2) is 46.8 Å². The number of aromatic nitrogens is 2. The fourth-order valence-electron chi connectivity index (χ4n) is 5.01. The average molecular weight is 434 g/mol. The molecule has 0 radical (unpaired) electrons. The van der Waals surface area contributed by atoms with E-state index >= 15 is 0 Å². The Kier molecular flexibility index (Phi) is 5.64. The lowest BCUT2D eigenvalue weighted by atomic mass is 9.90. The second-order valence-corrected chi connectivity index (χ2v) is 9.04. The molecule has 5 rings (SSSR count). The highest BCUT2D eigenvalue weighted by Crippen LogP contribution is 2.32. The molecule has 3 aromatic rings. The maximum absolute atomic E-state index is 13.4. The van der Waals surface area contributed by atoms with E-state index in [9.17, 15) is 4.79 Å². The maximum atomic E-state index is 13.4. The lowest BCUT2D eigenvalue weighted by Gasteiger charge is -2.41. The lowest BCUT2D eigenvalue weighted by Crippen LogP contribution is -2.46. The first-order chi connectivity index (χ1) is 15.5. The van der Waals surface area contributed by atoms with E-state index in [1.807, 2.05) is 50.2 Å². The van der Waals surface area contributed by atoms with Gasteiger partial charge in [-0.15, -0.1) is 0 Å². The van der Waals surface area contributed by atoms with Crippen LogP contribution in [0, 0.1) is 13.8 Å². The van der Waals surface area contributed by atoms with E-state index in [4.69, 9.17) is 9.47 Å². The summed E-state index contributed by atoms with van der Waals surface area (Å²) in [4.78, 5) is 20.7. The predicted octanol–water partition coefficient (Wildman–Crippen LogP) is 4.41. The number of fused-ring (bicyclic) bond motifs is 1. The molecule has 1 aliphatic carbocycles. The minimum atomic E-state index is -0.0825. The Morgan fingerprint density at radius 2 is 1.81 bits per heavy atom. The zero-order valence-corrected chi connectivity index (χ0v) is 19.1. The molecule has 2 aromatic carbocycles. The molecule has 0 amide bonds. The highest BCUT2D eigenvalue weighted by molar-refractivity contribution is 5.81. The molecule has 0 N–H and O–H groups in total. The molecule has 6 nitrogen and oxygen atoms in total. The highest BCUT2D eigenvalue weighted by Gasteiger charge is 2.29. The van der Waals surface area contributed by atoms with Crippen LogP contribution >= 0.6 is 0 Å². The maximum Gasteiger partial charge on any atom is 0.266 e. The summed E-state index contributed by atoms with van der Waals surface area (Å²) in [7, 11) is 1.62. The van der Waals surface area contributed by atoms with Crippen LogP contribution in [0.15, 0.2) is 41.2 Å². The van der Waals surface area contributed by atoms with E-state index < -0.39 is 0 Å². The number of hydrogen-bond donors (Lipinski definition) is 0. The minimum absolute atomic E-state index is 0.0825. The van der Waals surface area contributed by atoms with Gasteiger partial charge in [-0.25, -0.2) is 4.98 Å². The van der Waals surface area contributed by atoms with Crippen molar-refractivity contribution >= 4 is 10.9 Å². The van der Waals surface area contributed by atoms with Gasteiger partial charge in [0.1, 0.15) is 23.4 Å². The normalized spacial score (nSPS) is 18.0. The summed E-state index contributed by atoms with van der Waals surface area (Å²) in [6.45, 7) is 6.01. The van der Waals surface area contributed by atoms with E-state index in [1.165, 1.54) is 19.3 Å². The van der Waals surface area contributed by atoms with Crippen LogP contribution < -0.4 is 15.0 Å². The molecular weight excluding hydrogens is 402 g/mol. The van der Waals surface area contributed by atoms with Gasteiger partial charge in [0.05, 0.1) is 23.7 Å². The summed E-state index contributed by atoms with van der Waals surface area (Å²) in [5.74, 6) is 2.01. The fraction of sp³-hybridized carbons (Fsp3) is 0.462. The standard InChI is InChI=1S/C26H31N3O3/c1-17-6-4-9-22-25(17)26(30)29(18(2)27-22)23-11-10-21(16-24(23)31-3)32-20-12-14-28(15-13-20)19-7-5-8-19/h4,6,9-11,16,19-20H,5,7-8,12-15H2,1-3H3. The van der Waals surface area contributed by atoms with Crippen molar-refractivity contribution in [2.75, 3.05) is 20.2 Å².